The second kappa shape index (κ2) is 10.2. The number of benzene rings is 2. The van der Waals surface area contributed by atoms with E-state index in [1.807, 2.05) is 56.3 Å². The van der Waals surface area contributed by atoms with Gasteiger partial charge in [0.15, 0.2) is 0 Å². The fourth-order valence-electron chi connectivity index (χ4n) is 4.21. The highest BCUT2D eigenvalue weighted by molar-refractivity contribution is 6.36. The maximum atomic E-state index is 13.4. The number of methoxy groups -OCH3 is 1. The summed E-state index contributed by atoms with van der Waals surface area (Å²) in [6, 6.07) is 13.4. The number of carbonyl (C=O) groups is 2. The van der Waals surface area contributed by atoms with Crippen LogP contribution in [0.25, 0.3) is 5.57 Å². The summed E-state index contributed by atoms with van der Waals surface area (Å²) in [5, 5.41) is 3.23. The fourth-order valence-corrected chi connectivity index (χ4v) is 4.21. The Morgan fingerprint density at radius 1 is 0.939 bits per heavy atom. The number of aryl methyl sites for hydroxylation is 2. The van der Waals surface area contributed by atoms with Crippen LogP contribution in [0.3, 0.4) is 0 Å². The quantitative estimate of drug-likeness (QED) is 0.624. The van der Waals surface area contributed by atoms with Crippen molar-refractivity contribution in [1.29, 1.82) is 0 Å². The van der Waals surface area contributed by atoms with Crippen LogP contribution >= 0.6 is 0 Å². The molecule has 2 aliphatic rings. The van der Waals surface area contributed by atoms with E-state index in [9.17, 15) is 9.59 Å². The molecule has 0 aromatic heterocycles. The topological polar surface area (TPSA) is 71.1 Å². The zero-order valence-corrected chi connectivity index (χ0v) is 19.5. The lowest BCUT2D eigenvalue weighted by Crippen LogP contribution is -2.39. The summed E-state index contributed by atoms with van der Waals surface area (Å²) in [5.41, 5.74) is 4.19. The predicted octanol–water partition coefficient (Wildman–Crippen LogP) is 3.23. The average Bonchev–Trinajstić information content (AvgIpc) is 3.05. The van der Waals surface area contributed by atoms with Gasteiger partial charge in [-0.1, -0.05) is 35.9 Å². The average molecular weight is 450 g/mol. The van der Waals surface area contributed by atoms with Gasteiger partial charge >= 0.3 is 0 Å². The Morgan fingerprint density at radius 2 is 1.64 bits per heavy atom. The smallest absolute Gasteiger partial charge is 0.278 e. The van der Waals surface area contributed by atoms with Gasteiger partial charge in [0.1, 0.15) is 11.4 Å². The molecule has 7 heteroatoms. The van der Waals surface area contributed by atoms with E-state index in [2.05, 4.69) is 10.2 Å². The highest BCUT2D eigenvalue weighted by atomic mass is 16.5. The first-order valence-electron chi connectivity index (χ1n) is 11.4. The number of carbonyl (C=O) groups excluding carboxylic acids is 2. The van der Waals surface area contributed by atoms with Crippen molar-refractivity contribution in [1.82, 2.24) is 9.80 Å². The Balaban J connectivity index is 1.60. The maximum absolute atomic E-state index is 13.4. The summed E-state index contributed by atoms with van der Waals surface area (Å²) in [5.74, 6) is 0.0448. The van der Waals surface area contributed by atoms with E-state index in [-0.39, 0.29) is 11.8 Å². The molecule has 0 spiro atoms. The van der Waals surface area contributed by atoms with Gasteiger partial charge in [-0.15, -0.1) is 0 Å². The SMILES string of the molecule is COc1ccc(C)cc1NC1=C(c2ccc(C)cc2)C(=O)N(CCCN2CCOCC2)C1=O. The van der Waals surface area contributed by atoms with Gasteiger partial charge in [0.25, 0.3) is 11.8 Å². The Labute approximate surface area is 195 Å². The molecule has 2 heterocycles. The van der Waals surface area contributed by atoms with E-state index in [0.29, 0.717) is 29.3 Å². The number of nitrogens with zero attached hydrogens (tertiary/aromatic N) is 2. The number of ether oxygens (including phenoxy) is 2. The van der Waals surface area contributed by atoms with E-state index in [1.54, 1.807) is 7.11 Å². The summed E-state index contributed by atoms with van der Waals surface area (Å²) in [6.45, 7) is 8.40. The molecule has 2 amide bonds. The van der Waals surface area contributed by atoms with Crippen LogP contribution in [0, 0.1) is 13.8 Å². The Hall–Kier alpha value is -3.16. The molecule has 0 radical (unpaired) electrons. The van der Waals surface area contributed by atoms with Gasteiger partial charge in [0.05, 0.1) is 31.6 Å². The zero-order valence-electron chi connectivity index (χ0n) is 19.5. The van der Waals surface area contributed by atoms with Crippen LogP contribution in [0.15, 0.2) is 48.2 Å². The number of rotatable bonds is 8. The van der Waals surface area contributed by atoms with Crippen molar-refractivity contribution >= 4 is 23.1 Å². The van der Waals surface area contributed by atoms with Gasteiger partial charge in [-0.25, -0.2) is 0 Å². The summed E-state index contributed by atoms with van der Waals surface area (Å²) in [4.78, 5) is 30.6. The summed E-state index contributed by atoms with van der Waals surface area (Å²) in [7, 11) is 1.59. The highest BCUT2D eigenvalue weighted by Crippen LogP contribution is 2.34. The molecule has 2 aromatic carbocycles. The third kappa shape index (κ3) is 5.10. The molecule has 1 saturated heterocycles. The molecule has 0 unspecified atom stereocenters. The molecule has 7 nitrogen and oxygen atoms in total. The van der Waals surface area contributed by atoms with Crippen LogP contribution in [-0.4, -0.2) is 68.1 Å². The number of nitrogens with one attached hydrogen (secondary N) is 1. The molecule has 1 fully saturated rings. The van der Waals surface area contributed by atoms with Gasteiger partial charge < -0.3 is 14.8 Å². The van der Waals surface area contributed by atoms with E-state index in [0.717, 1.165) is 56.0 Å². The van der Waals surface area contributed by atoms with E-state index < -0.39 is 0 Å². The molecule has 1 N–H and O–H groups in total. The molecule has 2 aromatic rings. The van der Waals surface area contributed by atoms with Crippen molar-refractivity contribution in [3.05, 3.63) is 64.9 Å². The number of imide groups is 1. The molecule has 2 aliphatic heterocycles. The molecular weight excluding hydrogens is 418 g/mol. The van der Waals surface area contributed by atoms with E-state index in [4.69, 9.17) is 9.47 Å². The van der Waals surface area contributed by atoms with Gasteiger partial charge in [-0.2, -0.15) is 0 Å². The molecular formula is C26H31N3O4. The van der Waals surface area contributed by atoms with Crippen molar-refractivity contribution in [2.45, 2.75) is 20.3 Å². The number of hydrogen-bond donors (Lipinski definition) is 1. The van der Waals surface area contributed by atoms with E-state index >= 15 is 0 Å². The summed E-state index contributed by atoms with van der Waals surface area (Å²) >= 11 is 0. The Kier molecular flexibility index (Phi) is 7.11. The van der Waals surface area contributed by atoms with Crippen LogP contribution < -0.4 is 10.1 Å². The van der Waals surface area contributed by atoms with Crippen molar-refractivity contribution in [2.75, 3.05) is 51.8 Å². The van der Waals surface area contributed by atoms with Crippen LogP contribution in [0.2, 0.25) is 0 Å². The van der Waals surface area contributed by atoms with Gasteiger partial charge in [0.2, 0.25) is 0 Å². The first-order chi connectivity index (χ1) is 16.0. The second-order valence-corrected chi connectivity index (χ2v) is 8.51. The van der Waals surface area contributed by atoms with Gasteiger partial charge in [-0.05, 0) is 43.5 Å². The molecule has 0 saturated carbocycles. The third-order valence-corrected chi connectivity index (χ3v) is 6.08. The first kappa shape index (κ1) is 23.0. The number of amides is 2. The largest absolute Gasteiger partial charge is 0.495 e. The van der Waals surface area contributed by atoms with Crippen molar-refractivity contribution in [3.63, 3.8) is 0 Å². The minimum Gasteiger partial charge on any atom is -0.495 e. The highest BCUT2D eigenvalue weighted by Gasteiger charge is 2.39. The number of morpholine rings is 1. The number of hydrogen-bond acceptors (Lipinski definition) is 6. The predicted molar refractivity (Wildman–Crippen MR) is 128 cm³/mol. The van der Waals surface area contributed by atoms with Crippen molar-refractivity contribution < 1.29 is 19.1 Å². The lowest BCUT2D eigenvalue weighted by molar-refractivity contribution is -0.136. The Bertz CT molecular complexity index is 1060. The van der Waals surface area contributed by atoms with Gasteiger partial charge in [0, 0.05) is 26.2 Å². The van der Waals surface area contributed by atoms with Crippen molar-refractivity contribution in [2.24, 2.45) is 0 Å². The monoisotopic (exact) mass is 449 g/mol. The van der Waals surface area contributed by atoms with Crippen LogP contribution in [0.4, 0.5) is 5.69 Å². The lowest BCUT2D eigenvalue weighted by Gasteiger charge is -2.27. The molecule has 33 heavy (non-hydrogen) atoms. The minimum absolute atomic E-state index is 0.264. The van der Waals surface area contributed by atoms with Crippen LogP contribution in [-0.2, 0) is 14.3 Å². The maximum Gasteiger partial charge on any atom is 0.278 e. The van der Waals surface area contributed by atoms with Crippen LogP contribution in [0.1, 0.15) is 23.1 Å². The molecule has 0 atom stereocenters. The first-order valence-corrected chi connectivity index (χ1v) is 11.4. The molecule has 174 valence electrons. The van der Waals surface area contributed by atoms with Crippen molar-refractivity contribution in [3.8, 4) is 5.75 Å². The molecule has 4 rings (SSSR count). The summed E-state index contributed by atoms with van der Waals surface area (Å²) in [6.07, 6.45) is 0.722. The minimum atomic E-state index is -0.305. The molecule has 0 aliphatic carbocycles. The fraction of sp³-hybridized carbons (Fsp3) is 0.385. The second-order valence-electron chi connectivity index (χ2n) is 8.51. The lowest BCUT2D eigenvalue weighted by atomic mass is 10.0. The van der Waals surface area contributed by atoms with Crippen LogP contribution in [0.5, 0.6) is 5.75 Å². The zero-order chi connectivity index (χ0) is 23.4. The summed E-state index contributed by atoms with van der Waals surface area (Å²) < 4.78 is 10.9. The third-order valence-electron chi connectivity index (χ3n) is 6.08. The molecule has 0 bridgehead atoms. The van der Waals surface area contributed by atoms with Gasteiger partial charge in [-0.3, -0.25) is 19.4 Å². The number of anilines is 1. The standard InChI is InChI=1S/C26H31N3O4/c1-18-5-8-20(9-6-18)23-24(27-21-17-19(2)7-10-22(21)32-3)26(31)29(25(23)30)12-4-11-28-13-15-33-16-14-28/h5-10,17,27H,4,11-16H2,1-3H3. The normalized spacial score (nSPS) is 17.1. The Morgan fingerprint density at radius 3 is 2.33 bits per heavy atom. The van der Waals surface area contributed by atoms with E-state index in [1.165, 1.54) is 4.90 Å².